The van der Waals surface area contributed by atoms with Gasteiger partial charge in [0.2, 0.25) is 5.75 Å². The smallest absolute Gasteiger partial charge is 0.337 e. The third kappa shape index (κ3) is 7.33. The van der Waals surface area contributed by atoms with Crippen molar-refractivity contribution in [3.05, 3.63) is 110 Å². The molecule has 13 heteroatoms. The number of nitro benzene ring substituents is 2. The number of carbonyl (C=O) groups excluding carboxylic acids is 2. The molecular weight excluding hydrogens is 548 g/mol. The van der Waals surface area contributed by atoms with E-state index in [2.05, 4.69) is 16.6 Å². The summed E-state index contributed by atoms with van der Waals surface area (Å²) < 4.78 is 16.3. The maximum absolute atomic E-state index is 12.9. The molecule has 0 aromatic heterocycles. The molecule has 0 saturated carbocycles. The molecule has 0 unspecified atom stereocenters. The third-order valence-corrected chi connectivity index (χ3v) is 5.62. The van der Waals surface area contributed by atoms with E-state index >= 15 is 0 Å². The highest BCUT2D eigenvalue weighted by Gasteiger charge is 2.24. The average molecular weight is 573 g/mol. The van der Waals surface area contributed by atoms with Gasteiger partial charge < -0.3 is 19.5 Å². The molecule has 0 bridgehead atoms. The first-order valence-corrected chi connectivity index (χ1v) is 12.2. The van der Waals surface area contributed by atoms with Crippen LogP contribution in [-0.4, -0.2) is 35.4 Å². The van der Waals surface area contributed by atoms with Crippen molar-refractivity contribution in [2.75, 3.05) is 19.0 Å². The summed E-state index contributed by atoms with van der Waals surface area (Å²) in [5.41, 5.74) is 0.102. The quantitative estimate of drug-likeness (QED) is 0.0699. The lowest BCUT2D eigenvalue weighted by atomic mass is 10.0. The number of carbonyl (C=O) groups is 2. The fraction of sp³-hybridized carbons (Fsp3) is 0.138. The molecule has 42 heavy (non-hydrogen) atoms. The highest BCUT2D eigenvalue weighted by Crippen LogP contribution is 2.41. The van der Waals surface area contributed by atoms with Crippen LogP contribution in [0.4, 0.5) is 17.1 Å². The number of amides is 1. The van der Waals surface area contributed by atoms with Crippen LogP contribution in [0.15, 0.2) is 72.8 Å². The van der Waals surface area contributed by atoms with Gasteiger partial charge in [-0.15, -0.1) is 6.58 Å². The van der Waals surface area contributed by atoms with Gasteiger partial charge >= 0.3 is 11.7 Å². The van der Waals surface area contributed by atoms with Crippen molar-refractivity contribution in [1.82, 2.24) is 0 Å². The summed E-state index contributed by atoms with van der Waals surface area (Å²) in [5.74, 6) is -1.27. The van der Waals surface area contributed by atoms with Crippen LogP contribution in [0.5, 0.6) is 17.2 Å². The van der Waals surface area contributed by atoms with Crippen LogP contribution in [0.25, 0.3) is 6.08 Å². The number of benzene rings is 3. The van der Waals surface area contributed by atoms with Crippen molar-refractivity contribution in [2.45, 2.75) is 13.3 Å². The normalized spacial score (nSPS) is 10.6. The molecule has 0 radical (unpaired) electrons. The molecule has 0 heterocycles. The molecule has 3 aromatic carbocycles. The summed E-state index contributed by atoms with van der Waals surface area (Å²) in [7, 11) is 1.25. The summed E-state index contributed by atoms with van der Waals surface area (Å²) in [5, 5.41) is 35.0. The van der Waals surface area contributed by atoms with Crippen LogP contribution in [0, 0.1) is 31.6 Å². The van der Waals surface area contributed by atoms with Crippen molar-refractivity contribution in [2.24, 2.45) is 0 Å². The maximum atomic E-state index is 12.9. The number of nitrogens with zero attached hydrogens (tertiary/aromatic N) is 3. The van der Waals surface area contributed by atoms with Crippen LogP contribution in [0.1, 0.15) is 28.4 Å². The highest BCUT2D eigenvalue weighted by molar-refractivity contribution is 6.09. The Hall–Kier alpha value is -6.03. The summed E-state index contributed by atoms with van der Waals surface area (Å²) in [6, 6.07) is 13.8. The van der Waals surface area contributed by atoms with Crippen LogP contribution < -0.4 is 14.8 Å². The Morgan fingerprint density at radius 1 is 1.05 bits per heavy atom. The fourth-order valence-corrected chi connectivity index (χ4v) is 3.73. The number of rotatable bonds is 12. The molecule has 3 aromatic rings. The zero-order valence-corrected chi connectivity index (χ0v) is 22.5. The van der Waals surface area contributed by atoms with E-state index in [1.165, 1.54) is 43.5 Å². The van der Waals surface area contributed by atoms with Gasteiger partial charge in [-0.1, -0.05) is 6.08 Å². The second-order valence-corrected chi connectivity index (χ2v) is 8.39. The second-order valence-electron chi connectivity index (χ2n) is 8.39. The van der Waals surface area contributed by atoms with E-state index in [1.807, 2.05) is 6.07 Å². The number of non-ortho nitro benzene ring substituents is 1. The Morgan fingerprint density at radius 3 is 2.33 bits per heavy atom. The van der Waals surface area contributed by atoms with E-state index in [4.69, 9.17) is 9.47 Å². The SMILES string of the molecule is C=CCc1cc(/C=C(\C#N)C(=O)Nc2ccc(C(=O)OC)cc2)cc(OCC)c1Oc1ccc([N+](=O)[O-])cc1[N+](=O)[O-]. The lowest BCUT2D eigenvalue weighted by Gasteiger charge is -2.16. The number of hydrogen-bond acceptors (Lipinski definition) is 10. The molecule has 0 aliphatic heterocycles. The van der Waals surface area contributed by atoms with Gasteiger partial charge in [0.25, 0.3) is 11.6 Å². The minimum Gasteiger partial charge on any atom is -0.490 e. The van der Waals surface area contributed by atoms with Crippen LogP contribution in [-0.2, 0) is 16.0 Å². The van der Waals surface area contributed by atoms with Crippen LogP contribution in [0.3, 0.4) is 0 Å². The number of esters is 1. The molecule has 0 fully saturated rings. The lowest BCUT2D eigenvalue weighted by Crippen LogP contribution is -2.13. The van der Waals surface area contributed by atoms with E-state index in [9.17, 15) is 35.1 Å². The maximum Gasteiger partial charge on any atom is 0.337 e. The zero-order chi connectivity index (χ0) is 30.8. The highest BCUT2D eigenvalue weighted by atomic mass is 16.6. The topological polar surface area (TPSA) is 184 Å². The average Bonchev–Trinajstić information content (AvgIpc) is 2.97. The van der Waals surface area contributed by atoms with E-state index < -0.39 is 33.1 Å². The number of allylic oxidation sites excluding steroid dienone is 1. The Morgan fingerprint density at radius 2 is 1.76 bits per heavy atom. The molecule has 1 amide bonds. The number of nitro groups is 2. The van der Waals surface area contributed by atoms with Crippen molar-refractivity contribution >= 4 is 35.0 Å². The molecule has 0 aliphatic carbocycles. The number of ether oxygens (including phenoxy) is 3. The van der Waals surface area contributed by atoms with Crippen LogP contribution in [0.2, 0.25) is 0 Å². The molecular formula is C29H24N4O9. The molecule has 13 nitrogen and oxygen atoms in total. The Labute approximate surface area is 239 Å². The fourth-order valence-electron chi connectivity index (χ4n) is 3.73. The Bertz CT molecular complexity index is 1620. The minimum absolute atomic E-state index is 0.0968. The number of anilines is 1. The number of nitrogens with one attached hydrogen (secondary N) is 1. The number of methoxy groups -OCH3 is 1. The Kier molecular flexibility index (Phi) is 10.1. The van der Waals surface area contributed by atoms with Gasteiger partial charge in [-0.3, -0.25) is 25.0 Å². The second kappa shape index (κ2) is 13.9. The van der Waals surface area contributed by atoms with Crippen molar-refractivity contribution in [1.29, 1.82) is 5.26 Å². The Balaban J connectivity index is 2.01. The summed E-state index contributed by atoms with van der Waals surface area (Å²) in [6.07, 6.45) is 3.08. The van der Waals surface area contributed by atoms with Gasteiger partial charge in [0.05, 0.1) is 35.2 Å². The first-order valence-electron chi connectivity index (χ1n) is 12.2. The molecule has 214 valence electrons. The molecule has 0 aliphatic rings. The molecule has 0 spiro atoms. The minimum atomic E-state index is -0.798. The largest absolute Gasteiger partial charge is 0.490 e. The van der Waals surface area contributed by atoms with Gasteiger partial charge in [0.1, 0.15) is 11.6 Å². The number of nitriles is 1. The lowest BCUT2D eigenvalue weighted by molar-refractivity contribution is -0.394. The van der Waals surface area contributed by atoms with Gasteiger partial charge in [-0.2, -0.15) is 5.26 Å². The molecule has 1 N–H and O–H groups in total. The molecule has 0 atom stereocenters. The summed E-state index contributed by atoms with van der Waals surface area (Å²) in [6.45, 7) is 5.60. The van der Waals surface area contributed by atoms with E-state index in [-0.39, 0.29) is 41.4 Å². The molecule has 3 rings (SSSR count). The van der Waals surface area contributed by atoms with Gasteiger partial charge in [-0.25, -0.2) is 4.79 Å². The van der Waals surface area contributed by atoms with Crippen molar-refractivity contribution in [3.63, 3.8) is 0 Å². The third-order valence-electron chi connectivity index (χ3n) is 5.62. The monoisotopic (exact) mass is 572 g/mol. The van der Waals surface area contributed by atoms with Crippen molar-refractivity contribution in [3.8, 4) is 23.3 Å². The van der Waals surface area contributed by atoms with E-state index in [1.54, 1.807) is 19.1 Å². The first kappa shape index (κ1) is 30.5. The summed E-state index contributed by atoms with van der Waals surface area (Å²) in [4.78, 5) is 45.7. The van der Waals surface area contributed by atoms with Crippen LogP contribution >= 0.6 is 0 Å². The zero-order valence-electron chi connectivity index (χ0n) is 22.5. The van der Waals surface area contributed by atoms with Gasteiger partial charge in [0.15, 0.2) is 11.5 Å². The predicted molar refractivity (Wildman–Crippen MR) is 151 cm³/mol. The van der Waals surface area contributed by atoms with Crippen molar-refractivity contribution < 1.29 is 33.6 Å². The first-order chi connectivity index (χ1) is 20.1. The van der Waals surface area contributed by atoms with Gasteiger partial charge in [0, 0.05) is 17.3 Å². The number of hydrogen-bond donors (Lipinski definition) is 1. The molecule has 0 saturated heterocycles. The predicted octanol–water partition coefficient (Wildman–Crippen LogP) is 5.75. The van der Waals surface area contributed by atoms with Gasteiger partial charge in [-0.05, 0) is 67.4 Å². The van der Waals surface area contributed by atoms with E-state index in [0.29, 0.717) is 16.8 Å². The van der Waals surface area contributed by atoms with E-state index in [0.717, 1.165) is 18.2 Å². The standard InChI is InChI=1S/C29H24N4O9/c1-4-6-20-13-18(14-21(17-30)28(34)31-22-9-7-19(8-10-22)29(35)40-3)15-26(41-5-2)27(20)42-25-12-11-23(32(36)37)16-24(25)33(38)39/h4,7-16H,1,5-6H2,2-3H3,(H,31,34)/b21-14+. The summed E-state index contributed by atoms with van der Waals surface area (Å²) >= 11 is 0.